The summed E-state index contributed by atoms with van der Waals surface area (Å²) >= 11 is 12.4. The number of hydrogen-bond acceptors (Lipinski definition) is 3. The van der Waals surface area contributed by atoms with E-state index in [2.05, 4.69) is 5.32 Å². The van der Waals surface area contributed by atoms with Crippen LogP contribution in [-0.2, 0) is 9.84 Å². The highest BCUT2D eigenvalue weighted by Crippen LogP contribution is 2.39. The van der Waals surface area contributed by atoms with Gasteiger partial charge in [-0.15, -0.1) is 0 Å². The fourth-order valence-corrected chi connectivity index (χ4v) is 4.28. The number of nitrogens with one attached hydrogen (secondary N) is 1. The van der Waals surface area contributed by atoms with E-state index in [1.165, 1.54) is 0 Å². The summed E-state index contributed by atoms with van der Waals surface area (Å²) in [6.45, 7) is 2.53. The van der Waals surface area contributed by atoms with E-state index in [4.69, 9.17) is 23.2 Å². The van der Waals surface area contributed by atoms with Gasteiger partial charge >= 0.3 is 0 Å². The van der Waals surface area contributed by atoms with Gasteiger partial charge in [0.2, 0.25) is 0 Å². The molecule has 1 heterocycles. The highest BCUT2D eigenvalue weighted by Gasteiger charge is 2.47. The van der Waals surface area contributed by atoms with Crippen LogP contribution >= 0.6 is 23.2 Å². The van der Waals surface area contributed by atoms with Gasteiger partial charge in [-0.05, 0) is 12.1 Å². The molecular formula is C12H15Cl2NO2S. The summed E-state index contributed by atoms with van der Waals surface area (Å²) in [6, 6.07) is 7.90. The number of benzene rings is 1. The maximum Gasteiger partial charge on any atom is 0.180 e. The maximum atomic E-state index is 12.2. The molecule has 0 bridgehead atoms. The van der Waals surface area contributed by atoms with E-state index in [0.717, 1.165) is 0 Å². The van der Waals surface area contributed by atoms with Crippen LogP contribution in [0.5, 0.6) is 0 Å². The summed E-state index contributed by atoms with van der Waals surface area (Å²) in [5.74, 6) is -0.0641. The molecule has 1 saturated heterocycles. The van der Waals surface area contributed by atoms with Crippen LogP contribution in [0.15, 0.2) is 35.2 Å². The van der Waals surface area contributed by atoms with Crippen molar-refractivity contribution in [2.45, 2.75) is 22.2 Å². The van der Waals surface area contributed by atoms with Crippen LogP contribution in [0.2, 0.25) is 0 Å². The smallest absolute Gasteiger partial charge is 0.180 e. The van der Waals surface area contributed by atoms with Crippen LogP contribution in [0, 0.1) is 5.92 Å². The molecule has 0 saturated carbocycles. The minimum Gasteiger partial charge on any atom is -0.310 e. The van der Waals surface area contributed by atoms with Crippen molar-refractivity contribution in [1.29, 1.82) is 0 Å². The first kappa shape index (κ1) is 14.1. The Balaban J connectivity index is 2.20. The lowest BCUT2D eigenvalue weighted by molar-refractivity contribution is 0.554. The topological polar surface area (TPSA) is 46.2 Å². The Hall–Kier alpha value is -0.290. The van der Waals surface area contributed by atoms with E-state index in [9.17, 15) is 8.42 Å². The lowest BCUT2D eigenvalue weighted by Gasteiger charge is -2.24. The summed E-state index contributed by atoms with van der Waals surface area (Å²) in [7, 11) is -3.37. The van der Waals surface area contributed by atoms with Crippen LogP contribution in [0.1, 0.15) is 6.92 Å². The molecule has 0 amide bonds. The maximum absolute atomic E-state index is 12.2. The van der Waals surface area contributed by atoms with Crippen molar-refractivity contribution in [3.63, 3.8) is 0 Å². The molecule has 1 aliphatic rings. The molecule has 2 rings (SSSR count). The van der Waals surface area contributed by atoms with Gasteiger partial charge in [-0.2, -0.15) is 0 Å². The molecule has 0 unspecified atom stereocenters. The van der Waals surface area contributed by atoms with Crippen molar-refractivity contribution in [2.75, 3.05) is 12.3 Å². The van der Waals surface area contributed by atoms with E-state index >= 15 is 0 Å². The van der Waals surface area contributed by atoms with Gasteiger partial charge in [0, 0.05) is 12.5 Å². The van der Waals surface area contributed by atoms with Crippen molar-refractivity contribution in [3.05, 3.63) is 30.3 Å². The first-order valence-corrected chi connectivity index (χ1v) is 8.14. The Bertz CT molecular complexity index is 516. The third-order valence-electron chi connectivity index (χ3n) is 3.28. The zero-order valence-electron chi connectivity index (χ0n) is 9.94. The summed E-state index contributed by atoms with van der Waals surface area (Å²) < 4.78 is 23.4. The predicted octanol–water partition coefficient (Wildman–Crippen LogP) is 2.24. The van der Waals surface area contributed by atoms with E-state index in [1.807, 2.05) is 6.92 Å². The highest BCUT2D eigenvalue weighted by atomic mass is 35.5. The number of sulfone groups is 1. The third kappa shape index (κ3) is 2.67. The van der Waals surface area contributed by atoms with Crippen LogP contribution < -0.4 is 5.32 Å². The first-order valence-electron chi connectivity index (χ1n) is 5.73. The zero-order valence-corrected chi connectivity index (χ0v) is 12.3. The van der Waals surface area contributed by atoms with E-state index in [-0.39, 0.29) is 11.7 Å². The molecule has 18 heavy (non-hydrogen) atoms. The summed E-state index contributed by atoms with van der Waals surface area (Å²) in [6.07, 6.45) is 0. The molecule has 1 aromatic carbocycles. The van der Waals surface area contributed by atoms with Crippen molar-refractivity contribution < 1.29 is 8.42 Å². The van der Waals surface area contributed by atoms with Crippen LogP contribution in [0.4, 0.5) is 0 Å². The van der Waals surface area contributed by atoms with Gasteiger partial charge in [0.15, 0.2) is 9.84 Å². The van der Waals surface area contributed by atoms with Gasteiger partial charge in [-0.1, -0.05) is 48.3 Å². The molecule has 2 atom stereocenters. The molecular weight excluding hydrogens is 293 g/mol. The summed E-state index contributed by atoms with van der Waals surface area (Å²) in [4.78, 5) is 0.301. The lowest BCUT2D eigenvalue weighted by atomic mass is 10.1. The molecule has 0 aliphatic carbocycles. The second-order valence-electron chi connectivity index (χ2n) is 4.63. The molecule has 1 aromatic rings. The average molecular weight is 308 g/mol. The Kier molecular flexibility index (Phi) is 3.93. The zero-order chi connectivity index (χ0) is 13.4. The number of hydrogen-bond donors (Lipinski definition) is 1. The first-order chi connectivity index (χ1) is 8.34. The van der Waals surface area contributed by atoms with Crippen molar-refractivity contribution in [1.82, 2.24) is 5.32 Å². The van der Waals surface area contributed by atoms with Crippen molar-refractivity contribution >= 4 is 33.0 Å². The number of rotatable bonds is 3. The second-order valence-corrected chi connectivity index (χ2v) is 8.11. The van der Waals surface area contributed by atoms with E-state index < -0.39 is 20.2 Å². The Morgan fingerprint density at radius 2 is 1.94 bits per heavy atom. The largest absolute Gasteiger partial charge is 0.310 e. The standard InChI is InChI=1S/C12H15Cl2NO2S/c1-9-7-15-11(12(9,13)14)8-18(16,17)10-5-3-2-4-6-10/h2-6,9,11,15H,7-8H2,1H3/t9-,11-/m0/s1. The molecule has 1 aliphatic heterocycles. The van der Waals surface area contributed by atoms with Crippen LogP contribution in [0.25, 0.3) is 0 Å². The Labute approximate surface area is 117 Å². The number of alkyl halides is 2. The predicted molar refractivity (Wildman–Crippen MR) is 73.9 cm³/mol. The second kappa shape index (κ2) is 5.00. The number of halogens is 2. The van der Waals surface area contributed by atoms with Gasteiger partial charge in [-0.25, -0.2) is 8.42 Å². The molecule has 100 valence electrons. The normalized spacial score (nSPS) is 27.3. The van der Waals surface area contributed by atoms with Crippen molar-refractivity contribution in [3.8, 4) is 0 Å². The fourth-order valence-electron chi connectivity index (χ4n) is 2.05. The van der Waals surface area contributed by atoms with Crippen molar-refractivity contribution in [2.24, 2.45) is 5.92 Å². The monoisotopic (exact) mass is 307 g/mol. The minimum absolute atomic E-state index is 0.0248. The average Bonchev–Trinajstić information content (AvgIpc) is 2.57. The van der Waals surface area contributed by atoms with E-state index in [1.54, 1.807) is 30.3 Å². The minimum atomic E-state index is -3.37. The van der Waals surface area contributed by atoms with Gasteiger partial charge < -0.3 is 5.32 Å². The van der Waals surface area contributed by atoms with Gasteiger partial charge in [0.05, 0.1) is 16.7 Å². The highest BCUT2D eigenvalue weighted by molar-refractivity contribution is 7.91. The lowest BCUT2D eigenvalue weighted by Crippen LogP contribution is -2.41. The van der Waals surface area contributed by atoms with E-state index in [0.29, 0.717) is 11.4 Å². The Morgan fingerprint density at radius 1 is 1.33 bits per heavy atom. The molecule has 0 spiro atoms. The quantitative estimate of drug-likeness (QED) is 0.871. The van der Waals surface area contributed by atoms with Gasteiger partial charge in [0.1, 0.15) is 4.33 Å². The van der Waals surface area contributed by atoms with Crippen LogP contribution in [0.3, 0.4) is 0 Å². The SMILES string of the molecule is C[C@H]1CN[C@@H](CS(=O)(=O)c2ccccc2)C1(Cl)Cl. The molecule has 1 fully saturated rings. The molecule has 1 N–H and O–H groups in total. The summed E-state index contributed by atoms with van der Waals surface area (Å²) in [5.41, 5.74) is 0. The van der Waals surface area contributed by atoms with Crippen LogP contribution in [-0.4, -0.2) is 31.1 Å². The van der Waals surface area contributed by atoms with Gasteiger partial charge in [-0.3, -0.25) is 0 Å². The molecule has 0 aromatic heterocycles. The Morgan fingerprint density at radius 3 is 2.44 bits per heavy atom. The third-order valence-corrected chi connectivity index (χ3v) is 6.31. The molecule has 0 radical (unpaired) electrons. The fraction of sp³-hybridized carbons (Fsp3) is 0.500. The molecule has 3 nitrogen and oxygen atoms in total. The summed E-state index contributed by atoms with van der Waals surface area (Å²) in [5, 5.41) is 3.08. The van der Waals surface area contributed by atoms with Gasteiger partial charge in [0.25, 0.3) is 0 Å². The molecule has 6 heteroatoms.